The van der Waals surface area contributed by atoms with Crippen molar-refractivity contribution >= 4 is 17.7 Å². The van der Waals surface area contributed by atoms with Crippen LogP contribution in [-0.2, 0) is 16.1 Å². The van der Waals surface area contributed by atoms with Crippen LogP contribution in [0.5, 0.6) is 0 Å². The van der Waals surface area contributed by atoms with Gasteiger partial charge >= 0.3 is 5.97 Å². The minimum Gasteiger partial charge on any atom is -0.370 e. The summed E-state index contributed by atoms with van der Waals surface area (Å²) in [5, 5.41) is 0. The normalized spacial score (nSPS) is 18.4. The Hall–Kier alpha value is -1.85. The first-order chi connectivity index (χ1) is 11.3. The van der Waals surface area contributed by atoms with E-state index in [4.69, 9.17) is 5.90 Å². The van der Waals surface area contributed by atoms with Crippen LogP contribution in [0.4, 0.5) is 5.69 Å². The number of hydrogen-bond donors (Lipinski definition) is 1. The summed E-state index contributed by atoms with van der Waals surface area (Å²) in [6, 6.07) is 6.35. The molecule has 0 saturated carbocycles. The summed E-state index contributed by atoms with van der Waals surface area (Å²) in [5.74, 6) is 4.29. The number of carbonyl (C=O) groups is 1. The summed E-state index contributed by atoms with van der Waals surface area (Å²) < 4.78 is 0. The monoisotopic (exact) mass is 315 g/mol. The molecule has 2 aliphatic rings. The molecule has 0 radical (unpaired) electrons. The summed E-state index contributed by atoms with van der Waals surface area (Å²) in [4.78, 5) is 20.3. The number of benzene rings is 1. The molecule has 0 amide bonds. The van der Waals surface area contributed by atoms with Gasteiger partial charge in [0.15, 0.2) is 0 Å². The highest BCUT2D eigenvalue weighted by Crippen LogP contribution is 2.29. The third-order valence-corrected chi connectivity index (χ3v) is 4.76. The number of piperidine rings is 1. The van der Waals surface area contributed by atoms with Gasteiger partial charge in [-0.1, -0.05) is 12.5 Å². The summed E-state index contributed by atoms with van der Waals surface area (Å²) >= 11 is 0. The number of likely N-dealkylation sites (tertiary alicyclic amines) is 1. The van der Waals surface area contributed by atoms with Crippen LogP contribution in [0.2, 0.25) is 0 Å². The molecule has 23 heavy (non-hydrogen) atoms. The van der Waals surface area contributed by atoms with Crippen molar-refractivity contribution < 1.29 is 9.63 Å². The Morgan fingerprint density at radius 3 is 2.78 bits per heavy atom. The third-order valence-electron chi connectivity index (χ3n) is 4.76. The molecule has 0 aromatic heterocycles. The molecule has 0 spiro atoms. The van der Waals surface area contributed by atoms with Crippen molar-refractivity contribution in [2.24, 2.45) is 5.90 Å². The minimum atomic E-state index is -0.534. The van der Waals surface area contributed by atoms with Gasteiger partial charge in [0.1, 0.15) is 0 Å². The van der Waals surface area contributed by atoms with Crippen molar-refractivity contribution in [1.82, 2.24) is 4.90 Å². The Bertz CT molecular complexity index is 580. The summed E-state index contributed by atoms with van der Waals surface area (Å²) in [7, 11) is 0. The predicted octanol–water partition coefficient (Wildman–Crippen LogP) is 1.97. The van der Waals surface area contributed by atoms with Crippen molar-refractivity contribution in [3.63, 3.8) is 0 Å². The minimum absolute atomic E-state index is 0.534. The lowest BCUT2D eigenvalue weighted by Crippen LogP contribution is -2.37. The van der Waals surface area contributed by atoms with Gasteiger partial charge in [0.2, 0.25) is 0 Å². The number of carbonyl (C=O) groups excluding carboxylic acids is 1. The lowest BCUT2D eigenvalue weighted by molar-refractivity contribution is -0.138. The van der Waals surface area contributed by atoms with Gasteiger partial charge in [-0.3, -0.25) is 0 Å². The van der Waals surface area contributed by atoms with Gasteiger partial charge in [0.25, 0.3) is 0 Å². The zero-order chi connectivity index (χ0) is 16.1. The number of fused-ring (bicyclic) bond motifs is 1. The largest absolute Gasteiger partial charge is 0.370 e. The third kappa shape index (κ3) is 4.12. The smallest absolute Gasteiger partial charge is 0.349 e. The van der Waals surface area contributed by atoms with Gasteiger partial charge in [-0.2, -0.15) is 5.90 Å². The molecule has 1 saturated heterocycles. The van der Waals surface area contributed by atoms with Gasteiger partial charge < -0.3 is 14.6 Å². The number of nitrogens with zero attached hydrogens (tertiary/aromatic N) is 2. The van der Waals surface area contributed by atoms with Crippen LogP contribution >= 0.6 is 0 Å². The van der Waals surface area contributed by atoms with E-state index in [1.165, 1.54) is 49.7 Å². The van der Waals surface area contributed by atoms with Crippen molar-refractivity contribution in [1.29, 1.82) is 0 Å². The van der Waals surface area contributed by atoms with Gasteiger partial charge in [-0.05, 0) is 61.7 Å². The van der Waals surface area contributed by atoms with E-state index in [1.54, 1.807) is 6.08 Å². The lowest BCUT2D eigenvalue weighted by Gasteiger charge is -2.29. The predicted molar refractivity (Wildman–Crippen MR) is 92.0 cm³/mol. The van der Waals surface area contributed by atoms with Gasteiger partial charge in [-0.15, -0.1) is 0 Å². The molecule has 1 aromatic carbocycles. The first-order valence-electron chi connectivity index (χ1n) is 8.45. The molecule has 5 heteroatoms. The number of rotatable bonds is 5. The quantitative estimate of drug-likeness (QED) is 0.665. The van der Waals surface area contributed by atoms with Gasteiger partial charge in [0.05, 0.1) is 0 Å². The highest BCUT2D eigenvalue weighted by Gasteiger charge is 2.20. The van der Waals surface area contributed by atoms with E-state index >= 15 is 0 Å². The van der Waals surface area contributed by atoms with E-state index in [2.05, 4.69) is 26.8 Å². The molecule has 0 bridgehead atoms. The second kappa shape index (κ2) is 7.62. The zero-order valence-electron chi connectivity index (χ0n) is 13.5. The fourth-order valence-electron chi connectivity index (χ4n) is 3.47. The Morgan fingerprint density at radius 2 is 2.00 bits per heavy atom. The molecule has 3 rings (SSSR count). The number of anilines is 1. The van der Waals surface area contributed by atoms with Crippen molar-refractivity contribution in [3.05, 3.63) is 35.4 Å². The molecule has 2 N–H and O–H groups in total. The van der Waals surface area contributed by atoms with E-state index in [1.807, 2.05) is 6.07 Å². The van der Waals surface area contributed by atoms with Crippen LogP contribution in [0, 0.1) is 0 Å². The van der Waals surface area contributed by atoms with Crippen molar-refractivity contribution in [2.45, 2.75) is 25.7 Å². The molecule has 124 valence electrons. The van der Waals surface area contributed by atoms with E-state index in [9.17, 15) is 4.79 Å². The lowest BCUT2D eigenvalue weighted by atomic mass is 10.1. The Balaban J connectivity index is 1.59. The second-order valence-electron chi connectivity index (χ2n) is 6.30. The molecule has 5 nitrogen and oxygen atoms in total. The fourth-order valence-corrected chi connectivity index (χ4v) is 3.47. The standard InChI is InChI=1S/C18H25N3O2/c19-23-18(22)7-5-15-4-6-17-16(14-15)8-11-21(17)13-12-20-9-2-1-3-10-20/h4-7,14H,1-3,8-13,19H2/b7-5+. The molecular formula is C18H25N3O2. The molecule has 0 aliphatic carbocycles. The van der Waals surface area contributed by atoms with Crippen LogP contribution < -0.4 is 10.8 Å². The molecule has 0 atom stereocenters. The average molecular weight is 315 g/mol. The Kier molecular flexibility index (Phi) is 5.31. The summed E-state index contributed by atoms with van der Waals surface area (Å²) in [6.07, 6.45) is 8.24. The van der Waals surface area contributed by atoms with Crippen LogP contribution in [0.15, 0.2) is 24.3 Å². The van der Waals surface area contributed by atoms with Crippen LogP contribution in [-0.4, -0.2) is 43.6 Å². The first-order valence-corrected chi connectivity index (χ1v) is 8.45. The second-order valence-corrected chi connectivity index (χ2v) is 6.30. The van der Waals surface area contributed by atoms with E-state index in [0.29, 0.717) is 0 Å². The Morgan fingerprint density at radius 1 is 1.17 bits per heavy atom. The topological polar surface area (TPSA) is 58.8 Å². The molecule has 2 aliphatic heterocycles. The van der Waals surface area contributed by atoms with Crippen LogP contribution in [0.25, 0.3) is 6.08 Å². The maximum absolute atomic E-state index is 11.1. The molecule has 1 fully saturated rings. The Labute approximate surface area is 137 Å². The number of nitrogens with two attached hydrogens (primary N) is 1. The van der Waals surface area contributed by atoms with Gasteiger partial charge in [0, 0.05) is 31.4 Å². The molecular weight excluding hydrogens is 290 g/mol. The maximum atomic E-state index is 11.1. The highest BCUT2D eigenvalue weighted by atomic mass is 16.7. The molecule has 2 heterocycles. The first kappa shape index (κ1) is 16.0. The van der Waals surface area contributed by atoms with Crippen molar-refractivity contribution in [3.8, 4) is 0 Å². The van der Waals surface area contributed by atoms with Gasteiger partial charge in [-0.25, -0.2) is 4.79 Å². The SMILES string of the molecule is NOC(=O)/C=C/c1ccc2c(c1)CCN2CCN1CCCCC1. The number of hydrogen-bond acceptors (Lipinski definition) is 5. The van der Waals surface area contributed by atoms with Crippen LogP contribution in [0.3, 0.4) is 0 Å². The molecule has 0 unspecified atom stereocenters. The summed E-state index contributed by atoms with van der Waals surface area (Å²) in [5.41, 5.74) is 3.69. The van der Waals surface area contributed by atoms with E-state index in [-0.39, 0.29) is 0 Å². The average Bonchev–Trinajstić information content (AvgIpc) is 3.01. The van der Waals surface area contributed by atoms with E-state index in [0.717, 1.165) is 31.6 Å². The van der Waals surface area contributed by atoms with E-state index < -0.39 is 5.97 Å². The van der Waals surface area contributed by atoms with Crippen molar-refractivity contribution in [2.75, 3.05) is 37.6 Å². The summed E-state index contributed by atoms with van der Waals surface area (Å²) in [6.45, 7) is 5.84. The fraction of sp³-hybridized carbons (Fsp3) is 0.500. The zero-order valence-corrected chi connectivity index (χ0v) is 13.5. The molecule has 1 aromatic rings. The van der Waals surface area contributed by atoms with Crippen LogP contribution in [0.1, 0.15) is 30.4 Å². The maximum Gasteiger partial charge on any atom is 0.349 e. The highest BCUT2D eigenvalue weighted by molar-refractivity contribution is 5.87.